The largest absolute Gasteiger partial charge is 0.418 e. The number of nitrogens with zero attached hydrogens (tertiary/aromatic N) is 3. The number of para-hydroxylation sites is 1. The SMILES string of the molecule is CC(O)c1cn(-c2ccccc2C(F)(F)F)nn1. The van der Waals surface area contributed by atoms with Crippen LogP contribution in [-0.4, -0.2) is 20.1 Å². The number of aliphatic hydroxyl groups is 1. The lowest BCUT2D eigenvalue weighted by Crippen LogP contribution is -2.10. The molecular weight excluding hydrogens is 247 g/mol. The zero-order valence-corrected chi connectivity index (χ0v) is 9.39. The number of hydrogen-bond acceptors (Lipinski definition) is 3. The van der Waals surface area contributed by atoms with Gasteiger partial charge in [0.2, 0.25) is 0 Å². The van der Waals surface area contributed by atoms with Crippen LogP contribution in [0.1, 0.15) is 24.3 Å². The molecule has 1 N–H and O–H groups in total. The highest BCUT2D eigenvalue weighted by molar-refractivity contribution is 5.42. The third-order valence-electron chi connectivity index (χ3n) is 2.40. The van der Waals surface area contributed by atoms with Crippen LogP contribution < -0.4 is 0 Å². The highest BCUT2D eigenvalue weighted by atomic mass is 19.4. The molecule has 1 unspecified atom stereocenters. The molecule has 18 heavy (non-hydrogen) atoms. The zero-order valence-electron chi connectivity index (χ0n) is 9.39. The van der Waals surface area contributed by atoms with Gasteiger partial charge in [-0.2, -0.15) is 13.2 Å². The fourth-order valence-electron chi connectivity index (χ4n) is 1.50. The molecule has 0 bridgehead atoms. The minimum absolute atomic E-state index is 0.121. The van der Waals surface area contributed by atoms with Gasteiger partial charge in [-0.1, -0.05) is 17.3 Å². The van der Waals surface area contributed by atoms with Crippen LogP contribution in [0.15, 0.2) is 30.5 Å². The zero-order chi connectivity index (χ0) is 13.3. The van der Waals surface area contributed by atoms with Gasteiger partial charge in [0, 0.05) is 0 Å². The number of aliphatic hydroxyl groups excluding tert-OH is 1. The fraction of sp³-hybridized carbons (Fsp3) is 0.273. The predicted octanol–water partition coefficient (Wildman–Crippen LogP) is 2.34. The molecule has 2 rings (SSSR count). The van der Waals surface area contributed by atoms with E-state index in [1.807, 2.05) is 0 Å². The summed E-state index contributed by atoms with van der Waals surface area (Å²) >= 11 is 0. The van der Waals surface area contributed by atoms with Crippen molar-refractivity contribution in [3.63, 3.8) is 0 Å². The van der Waals surface area contributed by atoms with E-state index in [4.69, 9.17) is 0 Å². The van der Waals surface area contributed by atoms with Gasteiger partial charge in [0.15, 0.2) is 0 Å². The highest BCUT2D eigenvalue weighted by Crippen LogP contribution is 2.33. The second-order valence-electron chi connectivity index (χ2n) is 3.78. The number of alkyl halides is 3. The first-order valence-electron chi connectivity index (χ1n) is 5.16. The standard InChI is InChI=1S/C11H10F3N3O/c1-7(18)9-6-17(16-15-9)10-5-3-2-4-8(10)11(12,13)14/h2-7,18H,1H3. The summed E-state index contributed by atoms with van der Waals surface area (Å²) in [5, 5.41) is 16.5. The van der Waals surface area contributed by atoms with Gasteiger partial charge in [0.25, 0.3) is 0 Å². The molecule has 0 amide bonds. The van der Waals surface area contributed by atoms with Crippen molar-refractivity contribution in [3.8, 4) is 5.69 Å². The van der Waals surface area contributed by atoms with Crippen LogP contribution in [0.3, 0.4) is 0 Å². The van der Waals surface area contributed by atoms with Crippen LogP contribution in [0.4, 0.5) is 13.2 Å². The maximum absolute atomic E-state index is 12.8. The third-order valence-corrected chi connectivity index (χ3v) is 2.40. The van der Waals surface area contributed by atoms with E-state index >= 15 is 0 Å². The normalized spacial score (nSPS) is 13.6. The first-order chi connectivity index (χ1) is 8.39. The van der Waals surface area contributed by atoms with E-state index in [2.05, 4.69) is 10.3 Å². The maximum Gasteiger partial charge on any atom is 0.418 e. The summed E-state index contributed by atoms with van der Waals surface area (Å²) in [7, 11) is 0. The van der Waals surface area contributed by atoms with Gasteiger partial charge in [-0.15, -0.1) is 5.10 Å². The fourth-order valence-corrected chi connectivity index (χ4v) is 1.50. The van der Waals surface area contributed by atoms with Crippen molar-refractivity contribution in [1.29, 1.82) is 0 Å². The molecule has 1 atom stereocenters. The van der Waals surface area contributed by atoms with Crippen LogP contribution >= 0.6 is 0 Å². The van der Waals surface area contributed by atoms with Gasteiger partial charge in [-0.05, 0) is 19.1 Å². The van der Waals surface area contributed by atoms with Crippen molar-refractivity contribution in [2.24, 2.45) is 0 Å². The van der Waals surface area contributed by atoms with E-state index in [0.29, 0.717) is 0 Å². The molecule has 1 heterocycles. The Hall–Kier alpha value is -1.89. The molecule has 0 saturated heterocycles. The van der Waals surface area contributed by atoms with E-state index in [9.17, 15) is 18.3 Å². The molecule has 0 radical (unpaired) electrons. The second kappa shape index (κ2) is 4.41. The summed E-state index contributed by atoms with van der Waals surface area (Å²) in [6, 6.07) is 5.05. The Morgan fingerprint density at radius 2 is 1.94 bits per heavy atom. The van der Waals surface area contributed by atoms with E-state index < -0.39 is 17.8 Å². The molecular formula is C11H10F3N3O. The average molecular weight is 257 g/mol. The highest BCUT2D eigenvalue weighted by Gasteiger charge is 2.34. The van der Waals surface area contributed by atoms with Crippen molar-refractivity contribution in [3.05, 3.63) is 41.7 Å². The van der Waals surface area contributed by atoms with Gasteiger partial charge >= 0.3 is 6.18 Å². The number of aromatic nitrogens is 3. The van der Waals surface area contributed by atoms with Crippen LogP contribution in [0.25, 0.3) is 5.69 Å². The van der Waals surface area contributed by atoms with E-state index in [-0.39, 0.29) is 11.4 Å². The third kappa shape index (κ3) is 2.35. The predicted molar refractivity (Wildman–Crippen MR) is 57.0 cm³/mol. The molecule has 96 valence electrons. The van der Waals surface area contributed by atoms with Crippen molar-refractivity contribution >= 4 is 0 Å². The van der Waals surface area contributed by atoms with E-state index in [1.54, 1.807) is 0 Å². The molecule has 1 aromatic carbocycles. The van der Waals surface area contributed by atoms with Crippen LogP contribution in [0, 0.1) is 0 Å². The second-order valence-corrected chi connectivity index (χ2v) is 3.78. The van der Waals surface area contributed by atoms with Crippen LogP contribution in [0.5, 0.6) is 0 Å². The summed E-state index contributed by atoms with van der Waals surface area (Å²) in [6.07, 6.45) is -4.07. The molecule has 0 aliphatic carbocycles. The van der Waals surface area contributed by atoms with Gasteiger partial charge in [-0.3, -0.25) is 0 Å². The minimum Gasteiger partial charge on any atom is -0.387 e. The molecule has 0 aliphatic rings. The van der Waals surface area contributed by atoms with Gasteiger partial charge in [0.05, 0.1) is 23.6 Å². The quantitative estimate of drug-likeness (QED) is 0.898. The lowest BCUT2D eigenvalue weighted by molar-refractivity contribution is -0.137. The number of benzene rings is 1. The van der Waals surface area contributed by atoms with Gasteiger partial charge in [0.1, 0.15) is 5.69 Å². The Kier molecular flexibility index (Phi) is 3.08. The topological polar surface area (TPSA) is 50.9 Å². The lowest BCUT2D eigenvalue weighted by Gasteiger charge is -2.11. The van der Waals surface area contributed by atoms with E-state index in [0.717, 1.165) is 10.7 Å². The monoisotopic (exact) mass is 257 g/mol. The van der Waals surface area contributed by atoms with Crippen LogP contribution in [0.2, 0.25) is 0 Å². The molecule has 0 fully saturated rings. The molecule has 0 saturated carbocycles. The van der Waals surface area contributed by atoms with Crippen molar-refractivity contribution in [2.45, 2.75) is 19.2 Å². The van der Waals surface area contributed by atoms with Crippen molar-refractivity contribution < 1.29 is 18.3 Å². The van der Waals surface area contributed by atoms with Crippen molar-refractivity contribution in [1.82, 2.24) is 15.0 Å². The minimum atomic E-state index is -4.46. The number of rotatable bonds is 2. The summed E-state index contributed by atoms with van der Waals surface area (Å²) < 4.78 is 39.4. The van der Waals surface area contributed by atoms with Gasteiger partial charge in [-0.25, -0.2) is 4.68 Å². The van der Waals surface area contributed by atoms with Crippen LogP contribution in [-0.2, 0) is 6.18 Å². The lowest BCUT2D eigenvalue weighted by atomic mass is 10.1. The molecule has 4 nitrogen and oxygen atoms in total. The van der Waals surface area contributed by atoms with E-state index in [1.165, 1.54) is 31.3 Å². The molecule has 1 aromatic heterocycles. The van der Waals surface area contributed by atoms with Gasteiger partial charge < -0.3 is 5.11 Å². The Morgan fingerprint density at radius 1 is 1.28 bits per heavy atom. The Balaban J connectivity index is 2.50. The summed E-state index contributed by atoms with van der Waals surface area (Å²) in [5.74, 6) is 0. The average Bonchev–Trinajstić information content (AvgIpc) is 2.77. The van der Waals surface area contributed by atoms with Crippen molar-refractivity contribution in [2.75, 3.05) is 0 Å². The first-order valence-corrected chi connectivity index (χ1v) is 5.16. The molecule has 2 aromatic rings. The molecule has 0 spiro atoms. The number of hydrogen-bond donors (Lipinski definition) is 1. The maximum atomic E-state index is 12.8. The summed E-state index contributed by atoms with van der Waals surface area (Å²) in [6.45, 7) is 1.46. The summed E-state index contributed by atoms with van der Waals surface area (Å²) in [4.78, 5) is 0. The molecule has 0 aliphatic heterocycles. The Bertz CT molecular complexity index is 548. The smallest absolute Gasteiger partial charge is 0.387 e. The number of halogens is 3. The molecule has 7 heteroatoms. The Labute approximate surface area is 101 Å². The Morgan fingerprint density at radius 3 is 2.50 bits per heavy atom. The summed E-state index contributed by atoms with van der Waals surface area (Å²) in [5.41, 5.74) is -0.705. The first kappa shape index (κ1) is 12.6.